The van der Waals surface area contributed by atoms with E-state index in [4.69, 9.17) is 5.73 Å². The summed E-state index contributed by atoms with van der Waals surface area (Å²) in [5, 5.41) is 0.373. The van der Waals surface area contributed by atoms with Crippen molar-refractivity contribution in [1.29, 1.82) is 0 Å². The Morgan fingerprint density at radius 1 is 1.04 bits per heavy atom. The summed E-state index contributed by atoms with van der Waals surface area (Å²) in [4.78, 5) is 26.4. The average molecular weight is 384 g/mol. The summed E-state index contributed by atoms with van der Waals surface area (Å²) in [6.07, 6.45) is -0.247. The third-order valence-corrected chi connectivity index (χ3v) is 6.22. The number of hydrogen-bond donors (Lipinski definition) is 2. The van der Waals surface area contributed by atoms with E-state index in [0.717, 1.165) is 11.1 Å². The van der Waals surface area contributed by atoms with E-state index in [9.17, 15) is 18.0 Å². The Bertz CT molecular complexity index is 1170. The molecule has 3 aromatic rings. The van der Waals surface area contributed by atoms with Crippen LogP contribution in [0.1, 0.15) is 34.1 Å². The highest BCUT2D eigenvalue weighted by Gasteiger charge is 2.27. The average Bonchev–Trinajstić information content (AvgIpc) is 2.90. The van der Waals surface area contributed by atoms with Gasteiger partial charge in [0.15, 0.2) is 5.78 Å². The van der Waals surface area contributed by atoms with Crippen LogP contribution in [0.15, 0.2) is 46.2 Å². The van der Waals surface area contributed by atoms with Gasteiger partial charge in [-0.3, -0.25) is 9.59 Å². The van der Waals surface area contributed by atoms with Crippen LogP contribution in [-0.4, -0.2) is 25.1 Å². The van der Waals surface area contributed by atoms with Gasteiger partial charge in [-0.25, -0.2) is 8.42 Å². The molecule has 2 aromatic carbocycles. The molecule has 140 valence electrons. The minimum absolute atomic E-state index is 0.00981. The molecule has 27 heavy (non-hydrogen) atoms. The maximum Gasteiger partial charge on any atom is 0.223 e. The fourth-order valence-corrected chi connectivity index (χ4v) is 5.08. The number of ketones is 1. The van der Waals surface area contributed by atoms with Gasteiger partial charge in [0.25, 0.3) is 0 Å². The number of sulfone groups is 1. The van der Waals surface area contributed by atoms with Gasteiger partial charge < -0.3 is 10.7 Å². The van der Waals surface area contributed by atoms with E-state index in [1.54, 1.807) is 24.3 Å². The van der Waals surface area contributed by atoms with Crippen LogP contribution < -0.4 is 5.73 Å². The van der Waals surface area contributed by atoms with Crippen molar-refractivity contribution in [3.8, 4) is 0 Å². The van der Waals surface area contributed by atoms with Crippen LogP contribution >= 0.6 is 0 Å². The number of nitrogens with two attached hydrogens (primary N) is 1. The van der Waals surface area contributed by atoms with Crippen molar-refractivity contribution in [3.05, 3.63) is 58.8 Å². The third-order valence-electron chi connectivity index (χ3n) is 4.36. The first-order valence-corrected chi connectivity index (χ1v) is 9.85. The molecular weight excluding hydrogens is 364 g/mol. The number of carbonyl (C=O) groups excluding carboxylic acids is 2. The molecule has 0 radical (unpaired) electrons. The lowest BCUT2D eigenvalue weighted by Gasteiger charge is -2.09. The zero-order valence-corrected chi connectivity index (χ0v) is 16.1. The standard InChI is InChI=1S/C20H20N2O4S/c1-11-6-12(2)8-15(7-11)27(25,26)20-16-9-14(13(3)23)4-5-17(16)22-18(20)10-19(21)24/h4-9,22H,10H2,1-3H3,(H2,21,24). The van der Waals surface area contributed by atoms with Gasteiger partial charge in [-0.15, -0.1) is 0 Å². The molecule has 0 saturated heterocycles. The second kappa shape index (κ2) is 6.66. The summed E-state index contributed by atoms with van der Waals surface area (Å²) in [5.41, 5.74) is 8.08. The first-order chi connectivity index (χ1) is 12.6. The molecule has 1 amide bonds. The van der Waals surface area contributed by atoms with Gasteiger partial charge in [-0.1, -0.05) is 6.07 Å². The van der Waals surface area contributed by atoms with E-state index in [0.29, 0.717) is 16.5 Å². The van der Waals surface area contributed by atoms with Crippen LogP contribution in [0.4, 0.5) is 0 Å². The van der Waals surface area contributed by atoms with Crippen molar-refractivity contribution >= 4 is 32.4 Å². The van der Waals surface area contributed by atoms with Gasteiger partial charge >= 0.3 is 0 Å². The Kier molecular flexibility index (Phi) is 4.65. The van der Waals surface area contributed by atoms with E-state index >= 15 is 0 Å². The fraction of sp³-hybridized carbons (Fsp3) is 0.200. The number of Topliss-reactive ketones (excluding diaryl/α,β-unsaturated/α-hetero) is 1. The third kappa shape index (κ3) is 3.50. The molecule has 1 aromatic heterocycles. The summed E-state index contributed by atoms with van der Waals surface area (Å²) in [6.45, 7) is 5.05. The zero-order valence-electron chi connectivity index (χ0n) is 15.3. The molecule has 3 N–H and O–H groups in total. The molecule has 0 saturated carbocycles. The number of carbonyl (C=O) groups is 2. The summed E-state index contributed by atoms with van der Waals surface area (Å²) in [5.74, 6) is -0.825. The van der Waals surface area contributed by atoms with Gasteiger partial charge in [0, 0.05) is 22.2 Å². The van der Waals surface area contributed by atoms with E-state index in [-0.39, 0.29) is 27.7 Å². The predicted octanol–water partition coefficient (Wildman–Crippen LogP) is 2.85. The molecule has 0 aliphatic carbocycles. The van der Waals surface area contributed by atoms with Crippen molar-refractivity contribution in [3.63, 3.8) is 0 Å². The Balaban J connectivity index is 2.37. The lowest BCUT2D eigenvalue weighted by Crippen LogP contribution is -2.16. The van der Waals surface area contributed by atoms with Crippen molar-refractivity contribution in [1.82, 2.24) is 4.98 Å². The van der Waals surface area contributed by atoms with Gasteiger partial charge in [-0.05, 0) is 62.2 Å². The minimum Gasteiger partial charge on any atom is -0.369 e. The second-order valence-corrected chi connectivity index (χ2v) is 8.61. The molecule has 7 heteroatoms. The summed E-state index contributed by atoms with van der Waals surface area (Å²) < 4.78 is 26.9. The van der Waals surface area contributed by atoms with E-state index in [1.165, 1.54) is 13.0 Å². The molecule has 0 spiro atoms. The monoisotopic (exact) mass is 384 g/mol. The normalized spacial score (nSPS) is 11.7. The number of benzene rings is 2. The van der Waals surface area contributed by atoms with Gasteiger partial charge in [0.05, 0.1) is 11.3 Å². The molecule has 3 rings (SSSR count). The SMILES string of the molecule is CC(=O)c1ccc2[nH]c(CC(N)=O)c(S(=O)(=O)c3cc(C)cc(C)c3)c2c1. The van der Waals surface area contributed by atoms with Crippen molar-refractivity contribution in [2.45, 2.75) is 37.0 Å². The molecule has 0 aliphatic heterocycles. The van der Waals surface area contributed by atoms with E-state index in [2.05, 4.69) is 4.98 Å². The fourth-order valence-electron chi connectivity index (χ4n) is 3.25. The topological polar surface area (TPSA) is 110 Å². The highest BCUT2D eigenvalue weighted by molar-refractivity contribution is 7.91. The maximum absolute atomic E-state index is 13.4. The van der Waals surface area contributed by atoms with E-state index < -0.39 is 15.7 Å². The largest absolute Gasteiger partial charge is 0.369 e. The lowest BCUT2D eigenvalue weighted by molar-refractivity contribution is -0.117. The quantitative estimate of drug-likeness (QED) is 0.659. The number of fused-ring (bicyclic) bond motifs is 1. The molecule has 0 unspecified atom stereocenters. The molecule has 0 aliphatic rings. The van der Waals surface area contributed by atoms with Crippen LogP contribution in [0.25, 0.3) is 10.9 Å². The Hall–Kier alpha value is -2.93. The van der Waals surface area contributed by atoms with E-state index in [1.807, 2.05) is 19.9 Å². The number of H-pyrrole nitrogens is 1. The van der Waals surface area contributed by atoms with Gasteiger partial charge in [0.2, 0.25) is 15.7 Å². The Labute approximate surface area is 157 Å². The number of primary amides is 1. The first-order valence-electron chi connectivity index (χ1n) is 8.37. The molecule has 1 heterocycles. The van der Waals surface area contributed by atoms with Crippen molar-refractivity contribution in [2.75, 3.05) is 0 Å². The minimum atomic E-state index is -3.94. The van der Waals surface area contributed by atoms with Crippen LogP contribution in [0.3, 0.4) is 0 Å². The first kappa shape index (κ1) is 18.8. The zero-order chi connectivity index (χ0) is 19.9. The predicted molar refractivity (Wildman–Crippen MR) is 103 cm³/mol. The van der Waals surface area contributed by atoms with Gasteiger partial charge in [-0.2, -0.15) is 0 Å². The Morgan fingerprint density at radius 2 is 1.67 bits per heavy atom. The number of aromatic nitrogens is 1. The van der Waals surface area contributed by atoms with Crippen LogP contribution in [0.2, 0.25) is 0 Å². The highest BCUT2D eigenvalue weighted by atomic mass is 32.2. The van der Waals surface area contributed by atoms with Gasteiger partial charge in [0.1, 0.15) is 4.90 Å². The molecule has 0 bridgehead atoms. The Morgan fingerprint density at radius 3 is 2.22 bits per heavy atom. The van der Waals surface area contributed by atoms with Crippen molar-refractivity contribution in [2.24, 2.45) is 5.73 Å². The molecule has 0 fully saturated rings. The molecule has 6 nitrogen and oxygen atoms in total. The summed E-state index contributed by atoms with van der Waals surface area (Å²) in [7, 11) is -3.94. The van der Waals surface area contributed by atoms with Crippen LogP contribution in [0, 0.1) is 13.8 Å². The van der Waals surface area contributed by atoms with Crippen molar-refractivity contribution < 1.29 is 18.0 Å². The second-order valence-electron chi connectivity index (χ2n) is 6.72. The van der Waals surface area contributed by atoms with Crippen LogP contribution in [-0.2, 0) is 21.1 Å². The number of aromatic amines is 1. The maximum atomic E-state index is 13.4. The number of amides is 1. The lowest BCUT2D eigenvalue weighted by atomic mass is 10.1. The summed E-state index contributed by atoms with van der Waals surface area (Å²) >= 11 is 0. The molecule has 0 atom stereocenters. The smallest absolute Gasteiger partial charge is 0.223 e. The number of aryl methyl sites for hydroxylation is 2. The van der Waals surface area contributed by atoms with Crippen LogP contribution in [0.5, 0.6) is 0 Å². The number of rotatable bonds is 5. The number of nitrogens with one attached hydrogen (secondary N) is 1. The highest BCUT2D eigenvalue weighted by Crippen LogP contribution is 2.33. The number of hydrogen-bond acceptors (Lipinski definition) is 4. The molecular formula is C20H20N2O4S. The summed E-state index contributed by atoms with van der Waals surface area (Å²) in [6, 6.07) is 9.84.